The molecule has 5 heteroatoms. The zero-order valence-corrected chi connectivity index (χ0v) is 21.3. The van der Waals surface area contributed by atoms with Crippen molar-refractivity contribution >= 4 is 5.78 Å². The number of fused-ring (bicyclic) bond motifs is 3. The van der Waals surface area contributed by atoms with E-state index in [9.17, 15) is 20.1 Å². The van der Waals surface area contributed by atoms with Crippen LogP contribution in [-0.2, 0) is 9.53 Å². The Morgan fingerprint density at radius 1 is 1.00 bits per heavy atom. The summed E-state index contributed by atoms with van der Waals surface area (Å²) in [6.45, 7) is 13.3. The zero-order chi connectivity index (χ0) is 24.2. The molecule has 0 aromatic carbocycles. The van der Waals surface area contributed by atoms with Gasteiger partial charge in [-0.2, -0.15) is 0 Å². The summed E-state index contributed by atoms with van der Waals surface area (Å²) < 4.78 is 6.32. The number of Topliss-reactive ketones (excluding diaryl/α,β-unsaturated/α-hetero) is 1. The van der Waals surface area contributed by atoms with E-state index >= 15 is 0 Å². The van der Waals surface area contributed by atoms with E-state index in [1.165, 1.54) is 0 Å². The SMILES string of the molecule is CC(C)C(C)C=CC(C)C1CCC2C1(C)CCC1(O)C23OC3C(=O)C2(O)CC(O)CCC21C. The third kappa shape index (κ3) is 2.71. The van der Waals surface area contributed by atoms with Gasteiger partial charge in [0.2, 0.25) is 0 Å². The molecule has 1 spiro atoms. The second-order valence-electron chi connectivity index (χ2n) is 13.2. The fourth-order valence-corrected chi connectivity index (χ4v) is 9.00. The zero-order valence-electron chi connectivity index (χ0n) is 21.3. The number of carbonyl (C=O) groups is 1. The van der Waals surface area contributed by atoms with Crippen LogP contribution in [0, 0.1) is 40.4 Å². The average Bonchev–Trinajstić information content (AvgIpc) is 3.40. The van der Waals surface area contributed by atoms with Gasteiger partial charge in [0.15, 0.2) is 11.9 Å². The van der Waals surface area contributed by atoms with Gasteiger partial charge >= 0.3 is 0 Å². The van der Waals surface area contributed by atoms with Gasteiger partial charge in [-0.25, -0.2) is 0 Å². The summed E-state index contributed by atoms with van der Waals surface area (Å²) in [5, 5.41) is 34.3. The highest BCUT2D eigenvalue weighted by Crippen LogP contribution is 2.77. The average molecular weight is 461 g/mol. The van der Waals surface area contributed by atoms with Crippen LogP contribution < -0.4 is 0 Å². The highest BCUT2D eigenvalue weighted by molar-refractivity contribution is 5.98. The first-order chi connectivity index (χ1) is 15.3. The summed E-state index contributed by atoms with van der Waals surface area (Å²) in [6, 6.07) is 0. The molecular weight excluding hydrogens is 416 g/mol. The summed E-state index contributed by atoms with van der Waals surface area (Å²) in [6.07, 6.45) is 7.64. The first-order valence-corrected chi connectivity index (χ1v) is 13.3. The number of hydrogen-bond donors (Lipinski definition) is 3. The van der Waals surface area contributed by atoms with Crippen LogP contribution in [0.4, 0.5) is 0 Å². The molecule has 5 aliphatic rings. The van der Waals surface area contributed by atoms with Gasteiger partial charge in [-0.15, -0.1) is 0 Å². The Morgan fingerprint density at radius 2 is 1.70 bits per heavy atom. The fourth-order valence-electron chi connectivity index (χ4n) is 9.00. The van der Waals surface area contributed by atoms with E-state index in [1.54, 1.807) is 0 Å². The first-order valence-electron chi connectivity index (χ1n) is 13.3. The molecule has 0 radical (unpaired) electrons. The smallest absolute Gasteiger partial charge is 0.196 e. The Morgan fingerprint density at radius 3 is 2.36 bits per heavy atom. The molecule has 4 saturated carbocycles. The molecule has 3 N–H and O–H groups in total. The maximum Gasteiger partial charge on any atom is 0.196 e. The Bertz CT molecular complexity index is 868. The lowest BCUT2D eigenvalue weighted by Gasteiger charge is -2.65. The maximum absolute atomic E-state index is 13.6. The van der Waals surface area contributed by atoms with Gasteiger partial charge in [-0.3, -0.25) is 4.79 Å². The summed E-state index contributed by atoms with van der Waals surface area (Å²) in [4.78, 5) is 13.6. The Hall–Kier alpha value is -0.750. The van der Waals surface area contributed by atoms with E-state index in [-0.39, 0.29) is 23.5 Å². The number of epoxide rings is 1. The van der Waals surface area contributed by atoms with Crippen LogP contribution in [0.25, 0.3) is 0 Å². The van der Waals surface area contributed by atoms with Gasteiger partial charge in [0.05, 0.1) is 6.10 Å². The summed E-state index contributed by atoms with van der Waals surface area (Å²) in [5.74, 6) is 1.87. The van der Waals surface area contributed by atoms with Crippen LogP contribution in [0.5, 0.6) is 0 Å². The molecule has 5 nitrogen and oxygen atoms in total. The van der Waals surface area contributed by atoms with Gasteiger partial charge in [-0.05, 0) is 73.5 Å². The van der Waals surface area contributed by atoms with E-state index in [0.717, 1.165) is 19.3 Å². The molecule has 0 amide bonds. The third-order valence-corrected chi connectivity index (χ3v) is 11.6. The van der Waals surface area contributed by atoms with Crippen LogP contribution in [-0.4, -0.2) is 50.1 Å². The topological polar surface area (TPSA) is 90.3 Å². The lowest BCUT2D eigenvalue weighted by molar-refractivity contribution is -0.271. The molecule has 5 fully saturated rings. The van der Waals surface area contributed by atoms with Crippen LogP contribution in [0.1, 0.15) is 86.5 Å². The number of rotatable bonds is 4. The van der Waals surface area contributed by atoms with E-state index in [2.05, 4.69) is 46.8 Å². The van der Waals surface area contributed by atoms with Crippen molar-refractivity contribution in [1.82, 2.24) is 0 Å². The number of ether oxygens (including phenoxy) is 1. The number of hydrogen-bond acceptors (Lipinski definition) is 5. The van der Waals surface area contributed by atoms with Crippen LogP contribution in [0.3, 0.4) is 0 Å². The second-order valence-corrected chi connectivity index (χ2v) is 13.2. The van der Waals surface area contributed by atoms with Crippen molar-refractivity contribution in [3.8, 4) is 0 Å². The number of aliphatic hydroxyl groups is 3. The van der Waals surface area contributed by atoms with Gasteiger partial charge in [0, 0.05) is 11.8 Å². The van der Waals surface area contributed by atoms with E-state index in [0.29, 0.717) is 42.9 Å². The quantitative estimate of drug-likeness (QED) is 0.435. The Labute approximate surface area is 199 Å². The lowest BCUT2D eigenvalue weighted by Crippen LogP contribution is -2.79. The van der Waals surface area contributed by atoms with Crippen LogP contribution >= 0.6 is 0 Å². The molecule has 1 heterocycles. The summed E-state index contributed by atoms with van der Waals surface area (Å²) in [7, 11) is 0. The molecule has 11 unspecified atom stereocenters. The molecule has 1 aliphatic heterocycles. The number of allylic oxidation sites excluding steroid dienone is 2. The molecule has 11 atom stereocenters. The normalized spacial score (nSPS) is 55.0. The maximum atomic E-state index is 13.6. The van der Waals surface area contributed by atoms with Crippen LogP contribution in [0.2, 0.25) is 0 Å². The summed E-state index contributed by atoms with van der Waals surface area (Å²) in [5.41, 5.74) is -4.87. The molecule has 0 aromatic heterocycles. The van der Waals surface area contributed by atoms with Crippen molar-refractivity contribution in [2.45, 2.75) is 115 Å². The molecule has 33 heavy (non-hydrogen) atoms. The van der Waals surface area contributed by atoms with E-state index < -0.39 is 34.4 Å². The van der Waals surface area contributed by atoms with Gasteiger partial charge in [-0.1, -0.05) is 53.7 Å². The second kappa shape index (κ2) is 7.15. The Balaban J connectivity index is 1.49. The molecule has 186 valence electrons. The highest BCUT2D eigenvalue weighted by Gasteiger charge is 2.90. The van der Waals surface area contributed by atoms with Gasteiger partial charge < -0.3 is 20.1 Å². The van der Waals surface area contributed by atoms with Crippen molar-refractivity contribution in [3.63, 3.8) is 0 Å². The Kier molecular flexibility index (Phi) is 5.19. The predicted molar refractivity (Wildman–Crippen MR) is 126 cm³/mol. The van der Waals surface area contributed by atoms with Gasteiger partial charge in [0.25, 0.3) is 0 Å². The third-order valence-electron chi connectivity index (χ3n) is 11.6. The van der Waals surface area contributed by atoms with Crippen molar-refractivity contribution < 1.29 is 24.9 Å². The molecular formula is C28H44O5. The minimum absolute atomic E-state index is 0.000999. The molecule has 0 bridgehead atoms. The standard InChI is InChI=1S/C28H44O5/c1-16(2)17(3)7-8-18(4)20-9-10-21-24(20,5)13-14-27(32)25(6)12-11-19(29)15-26(25,31)22(30)23-28(21,27)33-23/h7-8,16-21,23,29,31-32H,9-15H2,1-6H3. The minimum Gasteiger partial charge on any atom is -0.393 e. The first kappa shape index (κ1) is 24.0. The van der Waals surface area contributed by atoms with Crippen molar-refractivity contribution in [1.29, 1.82) is 0 Å². The van der Waals surface area contributed by atoms with Crippen molar-refractivity contribution in [3.05, 3.63) is 12.2 Å². The molecule has 5 rings (SSSR count). The van der Waals surface area contributed by atoms with Crippen molar-refractivity contribution in [2.24, 2.45) is 40.4 Å². The van der Waals surface area contributed by atoms with E-state index in [1.807, 2.05) is 6.92 Å². The predicted octanol–water partition coefficient (Wildman–Crippen LogP) is 4.03. The van der Waals surface area contributed by atoms with Crippen LogP contribution in [0.15, 0.2) is 12.2 Å². The monoisotopic (exact) mass is 460 g/mol. The number of ketones is 1. The summed E-state index contributed by atoms with van der Waals surface area (Å²) >= 11 is 0. The molecule has 1 saturated heterocycles. The minimum atomic E-state index is -1.72. The van der Waals surface area contributed by atoms with Crippen molar-refractivity contribution in [2.75, 3.05) is 0 Å². The fraction of sp³-hybridized carbons (Fsp3) is 0.893. The molecule has 4 aliphatic carbocycles. The van der Waals surface area contributed by atoms with Gasteiger partial charge in [0.1, 0.15) is 16.8 Å². The largest absolute Gasteiger partial charge is 0.393 e. The molecule has 0 aromatic rings. The van der Waals surface area contributed by atoms with E-state index in [4.69, 9.17) is 4.74 Å². The number of carbonyl (C=O) groups excluding carboxylic acids is 1. The highest BCUT2D eigenvalue weighted by atomic mass is 16.6. The lowest BCUT2D eigenvalue weighted by atomic mass is 9.40. The number of aliphatic hydroxyl groups excluding tert-OH is 1.